The number of rotatable bonds is 2. The molecule has 0 unspecified atom stereocenters. The van der Waals surface area contributed by atoms with Crippen LogP contribution in [-0.4, -0.2) is 9.97 Å². The Morgan fingerprint density at radius 2 is 1.87 bits per heavy atom. The molecule has 1 aromatic heterocycles. The van der Waals surface area contributed by atoms with Crippen molar-refractivity contribution in [2.75, 3.05) is 5.73 Å². The van der Waals surface area contributed by atoms with Gasteiger partial charge in [0.25, 0.3) is 0 Å². The van der Waals surface area contributed by atoms with Crippen LogP contribution in [0.3, 0.4) is 0 Å². The quantitative estimate of drug-likeness (QED) is 0.809. The first-order valence-corrected chi connectivity index (χ1v) is 4.56. The minimum atomic E-state index is -0.527. The second kappa shape index (κ2) is 4.04. The molecule has 0 amide bonds. The highest BCUT2D eigenvalue weighted by Gasteiger charge is 2.08. The summed E-state index contributed by atoms with van der Waals surface area (Å²) in [4.78, 5) is 7.44. The molecule has 2 rings (SSSR count). The van der Waals surface area contributed by atoms with Crippen molar-refractivity contribution in [2.45, 2.75) is 6.42 Å². The highest BCUT2D eigenvalue weighted by atomic mass is 19.1. The molecule has 0 radical (unpaired) electrons. The van der Waals surface area contributed by atoms with Gasteiger partial charge in [-0.1, -0.05) is 30.3 Å². The first-order chi connectivity index (χ1) is 7.27. The monoisotopic (exact) mass is 203 g/mol. The Morgan fingerprint density at radius 1 is 1.13 bits per heavy atom. The maximum atomic E-state index is 13.4. The van der Waals surface area contributed by atoms with Crippen LogP contribution in [0.15, 0.2) is 36.7 Å². The topological polar surface area (TPSA) is 51.8 Å². The molecule has 1 heterocycles. The van der Waals surface area contributed by atoms with E-state index in [-0.39, 0.29) is 5.82 Å². The molecule has 76 valence electrons. The number of halogens is 1. The number of hydrogen-bond acceptors (Lipinski definition) is 3. The Labute approximate surface area is 86.8 Å². The van der Waals surface area contributed by atoms with Gasteiger partial charge in [0.2, 0.25) is 0 Å². The fourth-order valence-corrected chi connectivity index (χ4v) is 1.33. The van der Waals surface area contributed by atoms with Crippen molar-refractivity contribution in [3.63, 3.8) is 0 Å². The number of hydrogen-bond donors (Lipinski definition) is 1. The average molecular weight is 203 g/mol. The molecule has 0 saturated heterocycles. The summed E-state index contributed by atoms with van der Waals surface area (Å²) in [7, 11) is 0. The summed E-state index contributed by atoms with van der Waals surface area (Å²) in [5.74, 6) is -0.628. The number of nitrogen functional groups attached to an aromatic ring is 1. The van der Waals surface area contributed by atoms with E-state index in [9.17, 15) is 4.39 Å². The van der Waals surface area contributed by atoms with E-state index in [1.807, 2.05) is 30.3 Å². The van der Waals surface area contributed by atoms with Gasteiger partial charge in [-0.25, -0.2) is 14.4 Å². The van der Waals surface area contributed by atoms with Crippen molar-refractivity contribution < 1.29 is 4.39 Å². The van der Waals surface area contributed by atoms with Gasteiger partial charge in [0, 0.05) is 6.42 Å². The third-order valence-corrected chi connectivity index (χ3v) is 2.10. The van der Waals surface area contributed by atoms with Crippen molar-refractivity contribution >= 4 is 5.82 Å². The first-order valence-electron chi connectivity index (χ1n) is 4.56. The summed E-state index contributed by atoms with van der Waals surface area (Å²) in [5.41, 5.74) is 6.67. The van der Waals surface area contributed by atoms with Crippen LogP contribution in [0.5, 0.6) is 0 Å². The lowest BCUT2D eigenvalue weighted by Crippen LogP contribution is -2.03. The number of anilines is 1. The van der Waals surface area contributed by atoms with Gasteiger partial charge < -0.3 is 5.73 Å². The van der Waals surface area contributed by atoms with Gasteiger partial charge in [0.1, 0.15) is 6.33 Å². The highest BCUT2D eigenvalue weighted by Crippen LogP contribution is 2.13. The minimum Gasteiger partial charge on any atom is -0.381 e. The molecular formula is C11H10FN3. The summed E-state index contributed by atoms with van der Waals surface area (Å²) in [6.45, 7) is 0. The fourth-order valence-electron chi connectivity index (χ4n) is 1.33. The van der Waals surface area contributed by atoms with E-state index in [0.29, 0.717) is 12.1 Å². The van der Waals surface area contributed by atoms with Crippen LogP contribution in [0.1, 0.15) is 11.3 Å². The van der Waals surface area contributed by atoms with Crippen LogP contribution in [0.2, 0.25) is 0 Å². The third-order valence-electron chi connectivity index (χ3n) is 2.10. The number of benzene rings is 1. The Morgan fingerprint density at radius 3 is 2.60 bits per heavy atom. The lowest BCUT2D eigenvalue weighted by Gasteiger charge is -2.03. The third kappa shape index (κ3) is 2.10. The van der Waals surface area contributed by atoms with Crippen molar-refractivity contribution in [1.29, 1.82) is 0 Å². The van der Waals surface area contributed by atoms with E-state index < -0.39 is 5.82 Å². The Kier molecular flexibility index (Phi) is 2.58. The molecule has 0 aliphatic rings. The molecule has 3 nitrogen and oxygen atoms in total. The van der Waals surface area contributed by atoms with Crippen LogP contribution in [0.4, 0.5) is 10.2 Å². The zero-order valence-corrected chi connectivity index (χ0v) is 8.02. The molecule has 0 bridgehead atoms. The van der Waals surface area contributed by atoms with Gasteiger partial charge in [-0.2, -0.15) is 0 Å². The van der Waals surface area contributed by atoms with Crippen LogP contribution < -0.4 is 5.73 Å². The largest absolute Gasteiger partial charge is 0.381 e. The molecule has 4 heteroatoms. The maximum absolute atomic E-state index is 13.4. The van der Waals surface area contributed by atoms with Crippen molar-refractivity contribution in [2.24, 2.45) is 0 Å². The minimum absolute atomic E-state index is 0.101. The van der Waals surface area contributed by atoms with Gasteiger partial charge in [-0.3, -0.25) is 0 Å². The molecule has 2 aromatic rings. The molecule has 0 aliphatic carbocycles. The SMILES string of the molecule is Nc1ncnc(Cc2ccccc2)c1F. The normalized spacial score (nSPS) is 10.2. The van der Waals surface area contributed by atoms with Crippen LogP contribution in [0.25, 0.3) is 0 Å². The zero-order valence-electron chi connectivity index (χ0n) is 8.02. The van der Waals surface area contributed by atoms with Gasteiger partial charge in [0.15, 0.2) is 11.6 Å². The standard InChI is InChI=1S/C11H10FN3/c12-10-9(14-7-15-11(10)13)6-8-4-2-1-3-5-8/h1-5,7H,6H2,(H2,13,14,15). The summed E-state index contributed by atoms with van der Waals surface area (Å²) in [5, 5.41) is 0. The second-order valence-corrected chi connectivity index (χ2v) is 3.18. The van der Waals surface area contributed by atoms with Crippen molar-refractivity contribution in [1.82, 2.24) is 9.97 Å². The lowest BCUT2D eigenvalue weighted by molar-refractivity contribution is 0.602. The maximum Gasteiger partial charge on any atom is 0.187 e. The summed E-state index contributed by atoms with van der Waals surface area (Å²) in [6, 6.07) is 9.54. The number of nitrogens with two attached hydrogens (primary N) is 1. The average Bonchev–Trinajstić information content (AvgIpc) is 2.26. The molecule has 0 saturated carbocycles. The molecule has 2 N–H and O–H groups in total. The molecule has 15 heavy (non-hydrogen) atoms. The van der Waals surface area contributed by atoms with Crippen LogP contribution in [-0.2, 0) is 6.42 Å². The molecule has 0 spiro atoms. The summed E-state index contributed by atoms with van der Waals surface area (Å²) in [6.07, 6.45) is 1.70. The van der Waals surface area contributed by atoms with Gasteiger partial charge >= 0.3 is 0 Å². The Balaban J connectivity index is 2.29. The molecule has 0 atom stereocenters. The van der Waals surface area contributed by atoms with Crippen molar-refractivity contribution in [3.8, 4) is 0 Å². The fraction of sp³-hybridized carbons (Fsp3) is 0.0909. The lowest BCUT2D eigenvalue weighted by atomic mass is 10.1. The smallest absolute Gasteiger partial charge is 0.187 e. The Bertz CT molecular complexity index is 457. The first kappa shape index (κ1) is 9.58. The highest BCUT2D eigenvalue weighted by molar-refractivity contribution is 5.33. The van der Waals surface area contributed by atoms with E-state index in [1.54, 1.807) is 0 Å². The predicted octanol–water partition coefficient (Wildman–Crippen LogP) is 1.79. The zero-order chi connectivity index (χ0) is 10.7. The molecule has 0 aliphatic heterocycles. The summed E-state index contributed by atoms with van der Waals surface area (Å²) >= 11 is 0. The summed E-state index contributed by atoms with van der Waals surface area (Å²) < 4.78 is 13.4. The van der Waals surface area contributed by atoms with Gasteiger partial charge in [-0.15, -0.1) is 0 Å². The van der Waals surface area contributed by atoms with Crippen LogP contribution in [0, 0.1) is 5.82 Å². The number of aromatic nitrogens is 2. The van der Waals surface area contributed by atoms with E-state index in [2.05, 4.69) is 9.97 Å². The van der Waals surface area contributed by atoms with E-state index in [0.717, 1.165) is 5.56 Å². The van der Waals surface area contributed by atoms with Gasteiger partial charge in [0.05, 0.1) is 5.69 Å². The predicted molar refractivity (Wildman–Crippen MR) is 55.7 cm³/mol. The van der Waals surface area contributed by atoms with E-state index in [4.69, 9.17) is 5.73 Å². The second-order valence-electron chi connectivity index (χ2n) is 3.18. The Hall–Kier alpha value is -1.97. The van der Waals surface area contributed by atoms with E-state index >= 15 is 0 Å². The van der Waals surface area contributed by atoms with Crippen molar-refractivity contribution in [3.05, 3.63) is 53.7 Å². The molecular weight excluding hydrogens is 193 g/mol. The molecule has 1 aromatic carbocycles. The number of nitrogens with zero attached hydrogens (tertiary/aromatic N) is 2. The van der Waals surface area contributed by atoms with Crippen LogP contribution >= 0.6 is 0 Å². The molecule has 0 fully saturated rings. The van der Waals surface area contributed by atoms with Gasteiger partial charge in [-0.05, 0) is 5.56 Å². The van der Waals surface area contributed by atoms with E-state index in [1.165, 1.54) is 6.33 Å².